The number of benzene rings is 2. The highest BCUT2D eigenvalue weighted by Gasteiger charge is 2.30. The summed E-state index contributed by atoms with van der Waals surface area (Å²) in [5, 5.41) is 6.71. The molecule has 2 aromatic rings. The number of carbonyl (C=O) groups excluding carboxylic acids is 1. The van der Waals surface area contributed by atoms with Gasteiger partial charge >= 0.3 is 11.9 Å². The first-order chi connectivity index (χ1) is 11.7. The van der Waals surface area contributed by atoms with Crippen LogP contribution in [0.1, 0.15) is 18.5 Å². The summed E-state index contributed by atoms with van der Waals surface area (Å²) in [7, 11) is 0. The van der Waals surface area contributed by atoms with Crippen molar-refractivity contribution in [2.45, 2.75) is 13.0 Å². The fraction of sp³-hybridized carbons (Fsp3) is 0.222. The minimum atomic E-state index is -0.573. The Bertz CT molecular complexity index is 749. The van der Waals surface area contributed by atoms with Crippen LogP contribution in [0.5, 0.6) is 0 Å². The molecule has 1 unspecified atom stereocenters. The second kappa shape index (κ2) is 7.36. The summed E-state index contributed by atoms with van der Waals surface area (Å²) < 4.78 is 10.5. The van der Waals surface area contributed by atoms with E-state index in [1.807, 2.05) is 42.5 Å². The predicted molar refractivity (Wildman–Crippen MR) is 93.1 cm³/mol. The SMILES string of the molecule is CCOC(=O)C1=NN(c2cccc(Cl)c2)C(c2ccccc2)CO1. The van der Waals surface area contributed by atoms with E-state index in [0.29, 0.717) is 5.02 Å². The van der Waals surface area contributed by atoms with E-state index in [4.69, 9.17) is 21.1 Å². The number of hydrogen-bond donors (Lipinski definition) is 0. The highest BCUT2D eigenvalue weighted by atomic mass is 35.5. The third-order valence-electron chi connectivity index (χ3n) is 3.58. The average Bonchev–Trinajstić information content (AvgIpc) is 2.62. The second-order valence-corrected chi connectivity index (χ2v) is 5.62. The van der Waals surface area contributed by atoms with Gasteiger partial charge in [-0.05, 0) is 30.7 Å². The molecule has 124 valence electrons. The number of anilines is 1. The highest BCUT2D eigenvalue weighted by molar-refractivity contribution is 6.33. The zero-order valence-electron chi connectivity index (χ0n) is 13.2. The first kappa shape index (κ1) is 16.3. The number of hydrazone groups is 1. The lowest BCUT2D eigenvalue weighted by molar-refractivity contribution is -0.137. The standard InChI is InChI=1S/C18H17ClN2O3/c1-2-23-18(22)17-20-21(15-10-6-9-14(19)11-15)16(12-24-17)13-7-4-3-5-8-13/h3-11,16H,2,12H2,1H3. The van der Waals surface area contributed by atoms with E-state index in [-0.39, 0.29) is 25.2 Å². The topological polar surface area (TPSA) is 51.1 Å². The maximum atomic E-state index is 12.0. The molecule has 1 atom stereocenters. The molecule has 1 heterocycles. The molecule has 0 amide bonds. The summed E-state index contributed by atoms with van der Waals surface area (Å²) >= 11 is 6.11. The van der Waals surface area contributed by atoms with E-state index < -0.39 is 5.97 Å². The molecular weight excluding hydrogens is 328 g/mol. The van der Waals surface area contributed by atoms with Crippen molar-refractivity contribution in [1.82, 2.24) is 0 Å². The van der Waals surface area contributed by atoms with Crippen LogP contribution in [0.4, 0.5) is 5.69 Å². The van der Waals surface area contributed by atoms with E-state index in [1.54, 1.807) is 24.1 Å². The van der Waals surface area contributed by atoms with Crippen LogP contribution >= 0.6 is 11.6 Å². The third-order valence-corrected chi connectivity index (χ3v) is 3.81. The van der Waals surface area contributed by atoms with Crippen LogP contribution < -0.4 is 5.01 Å². The zero-order chi connectivity index (χ0) is 16.9. The van der Waals surface area contributed by atoms with Crippen LogP contribution in [0.25, 0.3) is 0 Å². The Morgan fingerprint density at radius 3 is 2.79 bits per heavy atom. The Labute approximate surface area is 145 Å². The molecule has 1 aliphatic rings. The molecule has 0 aliphatic carbocycles. The molecule has 1 aliphatic heterocycles. The number of halogens is 1. The van der Waals surface area contributed by atoms with Crippen LogP contribution in [0.15, 0.2) is 59.7 Å². The van der Waals surface area contributed by atoms with Gasteiger partial charge in [-0.15, -0.1) is 5.10 Å². The Morgan fingerprint density at radius 1 is 1.29 bits per heavy atom. The van der Waals surface area contributed by atoms with Crippen molar-refractivity contribution in [3.63, 3.8) is 0 Å². The first-order valence-corrected chi connectivity index (χ1v) is 8.05. The average molecular weight is 345 g/mol. The molecular formula is C18H17ClN2O3. The molecule has 0 bridgehead atoms. The van der Waals surface area contributed by atoms with Gasteiger partial charge in [0.1, 0.15) is 12.6 Å². The summed E-state index contributed by atoms with van der Waals surface area (Å²) in [6.45, 7) is 2.29. The van der Waals surface area contributed by atoms with Gasteiger partial charge in [-0.25, -0.2) is 4.79 Å². The largest absolute Gasteiger partial charge is 0.469 e. The summed E-state index contributed by atoms with van der Waals surface area (Å²) in [5.41, 5.74) is 1.81. The predicted octanol–water partition coefficient (Wildman–Crippen LogP) is 3.79. The molecule has 3 rings (SSSR count). The van der Waals surface area contributed by atoms with Gasteiger partial charge in [-0.3, -0.25) is 5.01 Å². The molecule has 2 aromatic carbocycles. The minimum absolute atomic E-state index is 0.0518. The number of ether oxygens (including phenoxy) is 2. The lowest BCUT2D eigenvalue weighted by Gasteiger charge is -2.33. The van der Waals surface area contributed by atoms with E-state index in [0.717, 1.165) is 11.3 Å². The molecule has 6 heteroatoms. The maximum absolute atomic E-state index is 12.0. The first-order valence-electron chi connectivity index (χ1n) is 7.67. The van der Waals surface area contributed by atoms with Crippen LogP contribution in [-0.4, -0.2) is 25.1 Å². The summed E-state index contributed by atoms with van der Waals surface area (Å²) in [4.78, 5) is 12.0. The van der Waals surface area contributed by atoms with Gasteiger partial charge in [-0.2, -0.15) is 0 Å². The van der Waals surface area contributed by atoms with Crippen molar-refractivity contribution >= 4 is 29.2 Å². The van der Waals surface area contributed by atoms with Crippen molar-refractivity contribution in [2.24, 2.45) is 5.10 Å². The number of carbonyl (C=O) groups is 1. The smallest absolute Gasteiger partial charge is 0.395 e. The number of rotatable bonds is 4. The van der Waals surface area contributed by atoms with Crippen LogP contribution in [0, 0.1) is 0 Å². The van der Waals surface area contributed by atoms with Crippen molar-refractivity contribution in [3.05, 3.63) is 65.2 Å². The normalized spacial score (nSPS) is 17.0. The van der Waals surface area contributed by atoms with Crippen LogP contribution in [0.3, 0.4) is 0 Å². The monoisotopic (exact) mass is 344 g/mol. The van der Waals surface area contributed by atoms with Crippen LogP contribution in [-0.2, 0) is 14.3 Å². The van der Waals surface area contributed by atoms with E-state index in [2.05, 4.69) is 5.10 Å². The zero-order valence-corrected chi connectivity index (χ0v) is 13.9. The van der Waals surface area contributed by atoms with Gasteiger partial charge in [0, 0.05) is 5.02 Å². The maximum Gasteiger partial charge on any atom is 0.395 e. The fourth-order valence-corrected chi connectivity index (χ4v) is 2.67. The van der Waals surface area contributed by atoms with Gasteiger partial charge in [0.25, 0.3) is 0 Å². The highest BCUT2D eigenvalue weighted by Crippen LogP contribution is 2.32. The second-order valence-electron chi connectivity index (χ2n) is 5.19. The summed E-state index contributed by atoms with van der Waals surface area (Å²) in [6, 6.07) is 17.0. The molecule has 0 saturated heterocycles. The Kier molecular flexibility index (Phi) is 5.01. The van der Waals surface area contributed by atoms with Gasteiger partial charge in [0.05, 0.1) is 12.3 Å². The van der Waals surface area contributed by atoms with Gasteiger partial charge in [-0.1, -0.05) is 48.0 Å². The van der Waals surface area contributed by atoms with E-state index in [9.17, 15) is 4.79 Å². The fourth-order valence-electron chi connectivity index (χ4n) is 2.49. The van der Waals surface area contributed by atoms with Crippen molar-refractivity contribution < 1.29 is 14.3 Å². The Morgan fingerprint density at radius 2 is 2.08 bits per heavy atom. The molecule has 0 aromatic heterocycles. The molecule has 0 N–H and O–H groups in total. The van der Waals surface area contributed by atoms with E-state index >= 15 is 0 Å². The third kappa shape index (κ3) is 3.51. The molecule has 0 radical (unpaired) electrons. The Hall–Kier alpha value is -2.53. The van der Waals surface area contributed by atoms with Gasteiger partial charge in [0.15, 0.2) is 0 Å². The van der Waals surface area contributed by atoms with E-state index in [1.165, 1.54) is 0 Å². The molecule has 5 nitrogen and oxygen atoms in total. The summed E-state index contributed by atoms with van der Waals surface area (Å²) in [6.07, 6.45) is 0. The van der Waals surface area contributed by atoms with Crippen molar-refractivity contribution in [1.29, 1.82) is 0 Å². The van der Waals surface area contributed by atoms with Crippen molar-refractivity contribution in [3.8, 4) is 0 Å². The number of hydrogen-bond acceptors (Lipinski definition) is 5. The molecule has 0 saturated carbocycles. The van der Waals surface area contributed by atoms with Gasteiger partial charge < -0.3 is 9.47 Å². The number of nitrogens with zero attached hydrogens (tertiary/aromatic N) is 2. The Balaban J connectivity index is 2.00. The van der Waals surface area contributed by atoms with Crippen LogP contribution in [0.2, 0.25) is 5.02 Å². The lowest BCUT2D eigenvalue weighted by atomic mass is 10.1. The molecule has 24 heavy (non-hydrogen) atoms. The molecule has 0 spiro atoms. The lowest BCUT2D eigenvalue weighted by Crippen LogP contribution is -2.38. The number of esters is 1. The molecule has 0 fully saturated rings. The van der Waals surface area contributed by atoms with Crippen molar-refractivity contribution in [2.75, 3.05) is 18.2 Å². The minimum Gasteiger partial charge on any atom is -0.469 e. The van der Waals surface area contributed by atoms with Gasteiger partial charge in [0.2, 0.25) is 0 Å². The quantitative estimate of drug-likeness (QED) is 0.792. The summed E-state index contributed by atoms with van der Waals surface area (Å²) in [5.74, 6) is -0.625.